The molecule has 1 aromatic carbocycles. The van der Waals surface area contributed by atoms with Gasteiger partial charge in [0.05, 0.1) is 7.11 Å². The lowest BCUT2D eigenvalue weighted by Gasteiger charge is -2.13. The molecule has 1 heterocycles. The Bertz CT molecular complexity index is 635. The third kappa shape index (κ3) is 6.90. The quantitative estimate of drug-likeness (QED) is 0.485. The first kappa shape index (κ1) is 19.5. The van der Waals surface area contributed by atoms with E-state index in [1.54, 1.807) is 19.4 Å². The smallest absolute Gasteiger partial charge is 0.161 e. The molecule has 0 bridgehead atoms. The van der Waals surface area contributed by atoms with E-state index >= 15 is 0 Å². The van der Waals surface area contributed by atoms with Crippen LogP contribution in [0.25, 0.3) is 0 Å². The lowest BCUT2D eigenvalue weighted by atomic mass is 10.2. The summed E-state index contributed by atoms with van der Waals surface area (Å²) >= 11 is 5.79. The van der Waals surface area contributed by atoms with Crippen molar-refractivity contribution >= 4 is 11.6 Å². The highest BCUT2D eigenvalue weighted by molar-refractivity contribution is 6.29. The zero-order valence-electron chi connectivity index (χ0n) is 14.8. The molecule has 136 valence electrons. The second-order valence-corrected chi connectivity index (χ2v) is 5.88. The second kappa shape index (κ2) is 10.9. The number of halogens is 1. The molecule has 0 fully saturated rings. The van der Waals surface area contributed by atoms with E-state index < -0.39 is 0 Å². The maximum atomic E-state index is 5.83. The molecule has 2 aromatic rings. The van der Waals surface area contributed by atoms with E-state index in [0.717, 1.165) is 49.6 Å². The number of ether oxygens (including phenoxy) is 3. The topological polar surface area (TPSA) is 52.6 Å². The van der Waals surface area contributed by atoms with Gasteiger partial charge >= 0.3 is 0 Å². The first-order valence-corrected chi connectivity index (χ1v) is 8.79. The largest absolute Gasteiger partial charge is 0.493 e. The number of nitrogens with one attached hydrogen (secondary N) is 1. The van der Waals surface area contributed by atoms with Crippen LogP contribution in [-0.4, -0.2) is 31.9 Å². The van der Waals surface area contributed by atoms with Gasteiger partial charge in [-0.05, 0) is 43.7 Å². The predicted octanol–water partition coefficient (Wildman–Crippen LogP) is 3.84. The zero-order valence-corrected chi connectivity index (χ0v) is 15.5. The number of rotatable bonds is 11. The minimum atomic E-state index is 0.412. The van der Waals surface area contributed by atoms with Gasteiger partial charge in [-0.1, -0.05) is 23.7 Å². The SMILES string of the molecule is CCOCCCNCc1ccc(OCc2ccc(Cl)nc2)c(OC)c1. The van der Waals surface area contributed by atoms with Crippen molar-refractivity contribution < 1.29 is 14.2 Å². The van der Waals surface area contributed by atoms with Crippen LogP contribution in [0.4, 0.5) is 0 Å². The van der Waals surface area contributed by atoms with Gasteiger partial charge in [-0.25, -0.2) is 4.98 Å². The predicted molar refractivity (Wildman–Crippen MR) is 99.4 cm³/mol. The van der Waals surface area contributed by atoms with Crippen LogP contribution < -0.4 is 14.8 Å². The molecule has 0 radical (unpaired) electrons. The number of benzene rings is 1. The minimum Gasteiger partial charge on any atom is -0.493 e. The molecule has 6 heteroatoms. The number of methoxy groups -OCH3 is 1. The fraction of sp³-hybridized carbons (Fsp3) is 0.421. The summed E-state index contributed by atoms with van der Waals surface area (Å²) in [6.45, 7) is 5.68. The van der Waals surface area contributed by atoms with Crippen molar-refractivity contribution in [3.63, 3.8) is 0 Å². The fourth-order valence-electron chi connectivity index (χ4n) is 2.27. The highest BCUT2D eigenvalue weighted by Gasteiger charge is 2.06. The van der Waals surface area contributed by atoms with Gasteiger partial charge in [0.25, 0.3) is 0 Å². The van der Waals surface area contributed by atoms with Crippen LogP contribution in [0.5, 0.6) is 11.5 Å². The summed E-state index contributed by atoms with van der Waals surface area (Å²) in [5.74, 6) is 1.42. The molecule has 0 atom stereocenters. The van der Waals surface area contributed by atoms with Crippen molar-refractivity contribution in [1.29, 1.82) is 0 Å². The fourth-order valence-corrected chi connectivity index (χ4v) is 2.38. The Hall–Kier alpha value is -1.82. The third-order valence-corrected chi connectivity index (χ3v) is 3.81. The maximum Gasteiger partial charge on any atom is 0.161 e. The van der Waals surface area contributed by atoms with Gasteiger partial charge in [-0.3, -0.25) is 0 Å². The van der Waals surface area contributed by atoms with Gasteiger partial charge in [-0.15, -0.1) is 0 Å². The Morgan fingerprint density at radius 2 is 1.96 bits per heavy atom. The lowest BCUT2D eigenvalue weighted by Crippen LogP contribution is -2.16. The second-order valence-electron chi connectivity index (χ2n) is 5.49. The van der Waals surface area contributed by atoms with E-state index in [1.165, 1.54) is 0 Å². The maximum absolute atomic E-state index is 5.83. The highest BCUT2D eigenvalue weighted by Crippen LogP contribution is 2.28. The Labute approximate surface area is 154 Å². The van der Waals surface area contributed by atoms with Gasteiger partial charge < -0.3 is 19.5 Å². The summed E-state index contributed by atoms with van der Waals surface area (Å²) in [5.41, 5.74) is 2.10. The molecule has 0 spiro atoms. The van der Waals surface area contributed by atoms with E-state index in [0.29, 0.717) is 17.5 Å². The number of pyridine rings is 1. The van der Waals surface area contributed by atoms with Crippen LogP contribution >= 0.6 is 11.6 Å². The van der Waals surface area contributed by atoms with Crippen molar-refractivity contribution in [2.75, 3.05) is 26.9 Å². The number of hydrogen-bond donors (Lipinski definition) is 1. The van der Waals surface area contributed by atoms with Gasteiger partial charge in [-0.2, -0.15) is 0 Å². The van der Waals surface area contributed by atoms with Crippen molar-refractivity contribution in [2.24, 2.45) is 0 Å². The van der Waals surface area contributed by atoms with Crippen LogP contribution in [-0.2, 0) is 17.9 Å². The number of aromatic nitrogens is 1. The number of hydrogen-bond acceptors (Lipinski definition) is 5. The molecule has 0 saturated heterocycles. The molecule has 1 N–H and O–H groups in total. The Morgan fingerprint density at radius 1 is 1.12 bits per heavy atom. The summed E-state index contributed by atoms with van der Waals surface area (Å²) in [5, 5.41) is 3.87. The van der Waals surface area contributed by atoms with E-state index in [-0.39, 0.29) is 0 Å². The van der Waals surface area contributed by atoms with Crippen LogP contribution in [0.3, 0.4) is 0 Å². The molecule has 5 nitrogen and oxygen atoms in total. The van der Waals surface area contributed by atoms with E-state index in [2.05, 4.69) is 10.3 Å². The lowest BCUT2D eigenvalue weighted by molar-refractivity contribution is 0.144. The summed E-state index contributed by atoms with van der Waals surface area (Å²) in [7, 11) is 1.64. The van der Waals surface area contributed by atoms with Crippen molar-refractivity contribution in [3.8, 4) is 11.5 Å². The monoisotopic (exact) mass is 364 g/mol. The zero-order chi connectivity index (χ0) is 17.9. The molecular weight excluding hydrogens is 340 g/mol. The van der Waals surface area contributed by atoms with Crippen LogP contribution in [0, 0.1) is 0 Å². The molecule has 25 heavy (non-hydrogen) atoms. The molecule has 0 aliphatic carbocycles. The third-order valence-electron chi connectivity index (χ3n) is 3.59. The summed E-state index contributed by atoms with van der Waals surface area (Å²) < 4.78 is 16.6. The van der Waals surface area contributed by atoms with Gasteiger partial charge in [0, 0.05) is 31.5 Å². The average molecular weight is 365 g/mol. The molecule has 0 aliphatic rings. The van der Waals surface area contributed by atoms with E-state index in [1.807, 2.05) is 31.2 Å². The van der Waals surface area contributed by atoms with Gasteiger partial charge in [0.2, 0.25) is 0 Å². The van der Waals surface area contributed by atoms with Crippen molar-refractivity contribution in [2.45, 2.75) is 26.5 Å². The first-order valence-electron chi connectivity index (χ1n) is 8.41. The van der Waals surface area contributed by atoms with Crippen LogP contribution in [0.2, 0.25) is 5.15 Å². The molecule has 1 aromatic heterocycles. The van der Waals surface area contributed by atoms with Crippen LogP contribution in [0.15, 0.2) is 36.5 Å². The van der Waals surface area contributed by atoms with Crippen molar-refractivity contribution in [1.82, 2.24) is 10.3 Å². The van der Waals surface area contributed by atoms with Crippen LogP contribution in [0.1, 0.15) is 24.5 Å². The summed E-state index contributed by atoms with van der Waals surface area (Å²) in [4.78, 5) is 4.05. The highest BCUT2D eigenvalue weighted by atomic mass is 35.5. The summed E-state index contributed by atoms with van der Waals surface area (Å²) in [6.07, 6.45) is 2.71. The molecule has 0 unspecified atom stereocenters. The standard InChI is InChI=1S/C19H25ClN2O3/c1-3-24-10-4-9-21-12-15-5-7-17(18(11-15)23-2)25-14-16-6-8-19(20)22-13-16/h5-8,11,13,21H,3-4,9-10,12,14H2,1-2H3. The molecule has 0 amide bonds. The van der Waals surface area contributed by atoms with Gasteiger partial charge in [0.1, 0.15) is 11.8 Å². The summed E-state index contributed by atoms with van der Waals surface area (Å²) in [6, 6.07) is 9.60. The van der Waals surface area contributed by atoms with E-state index in [4.69, 9.17) is 25.8 Å². The Kier molecular flexibility index (Phi) is 8.52. The minimum absolute atomic E-state index is 0.412. The molecule has 2 rings (SSSR count). The first-order chi connectivity index (χ1) is 12.2. The molecule has 0 aliphatic heterocycles. The Morgan fingerprint density at radius 3 is 2.68 bits per heavy atom. The molecule has 0 saturated carbocycles. The number of nitrogens with zero attached hydrogens (tertiary/aromatic N) is 1. The average Bonchev–Trinajstić information content (AvgIpc) is 2.64. The van der Waals surface area contributed by atoms with Gasteiger partial charge in [0.15, 0.2) is 11.5 Å². The Balaban J connectivity index is 1.84. The van der Waals surface area contributed by atoms with Crippen molar-refractivity contribution in [3.05, 3.63) is 52.8 Å². The molecular formula is C19H25ClN2O3. The normalized spacial score (nSPS) is 10.7. The van der Waals surface area contributed by atoms with E-state index in [9.17, 15) is 0 Å².